The molecule has 2 N–H and O–H groups in total. The summed E-state index contributed by atoms with van der Waals surface area (Å²) in [6, 6.07) is 7.77. The highest BCUT2D eigenvalue weighted by Gasteiger charge is 2.27. The summed E-state index contributed by atoms with van der Waals surface area (Å²) < 4.78 is 15.7. The summed E-state index contributed by atoms with van der Waals surface area (Å²) in [6.45, 7) is 0.988. The quantitative estimate of drug-likeness (QED) is 0.899. The Hall–Kier alpha value is -2.83. The van der Waals surface area contributed by atoms with Crippen LogP contribution in [-0.2, 0) is 4.79 Å². The van der Waals surface area contributed by atoms with E-state index in [1.54, 1.807) is 47.1 Å². The normalized spacial score (nSPS) is 17.2. The zero-order chi connectivity index (χ0) is 17.8. The molecule has 0 bridgehead atoms. The van der Waals surface area contributed by atoms with Crippen LogP contribution in [0.1, 0.15) is 12.8 Å². The number of amides is 3. The number of nitrogens with one attached hydrogen (secondary N) is 2. The number of hydrogen-bond donors (Lipinski definition) is 2. The van der Waals surface area contributed by atoms with Crippen molar-refractivity contribution in [3.05, 3.63) is 48.5 Å². The second-order valence-corrected chi connectivity index (χ2v) is 6.09. The Morgan fingerprint density at radius 3 is 2.72 bits per heavy atom. The topological polar surface area (TPSA) is 66.4 Å². The van der Waals surface area contributed by atoms with E-state index in [1.807, 2.05) is 0 Å². The summed E-state index contributed by atoms with van der Waals surface area (Å²) in [6.07, 6.45) is 5.03. The number of hydrogen-bond acceptors (Lipinski definition) is 2. The molecule has 1 atom stereocenters. The Labute approximate surface area is 145 Å². The third kappa shape index (κ3) is 3.81. The first-order valence-electron chi connectivity index (χ1n) is 8.29. The Balaban J connectivity index is 1.71. The van der Waals surface area contributed by atoms with Gasteiger partial charge in [-0.15, -0.1) is 0 Å². The van der Waals surface area contributed by atoms with E-state index in [0.717, 1.165) is 12.8 Å². The molecule has 3 rings (SSSR count). The van der Waals surface area contributed by atoms with E-state index in [0.29, 0.717) is 24.5 Å². The number of carbonyl (C=O) groups is 2. The van der Waals surface area contributed by atoms with Gasteiger partial charge in [0.15, 0.2) is 0 Å². The van der Waals surface area contributed by atoms with Crippen molar-refractivity contribution in [2.75, 3.05) is 25.5 Å². The van der Waals surface area contributed by atoms with Crippen LogP contribution in [0.15, 0.2) is 42.7 Å². The predicted molar refractivity (Wildman–Crippen MR) is 93.1 cm³/mol. The van der Waals surface area contributed by atoms with Crippen LogP contribution in [-0.4, -0.2) is 41.5 Å². The minimum absolute atomic E-state index is 0.0471. The lowest BCUT2D eigenvalue weighted by Crippen LogP contribution is -2.46. The van der Waals surface area contributed by atoms with Crippen molar-refractivity contribution in [1.82, 2.24) is 14.8 Å². The number of urea groups is 1. The van der Waals surface area contributed by atoms with Gasteiger partial charge in [-0.3, -0.25) is 4.79 Å². The van der Waals surface area contributed by atoms with Crippen molar-refractivity contribution in [1.29, 1.82) is 0 Å². The maximum Gasteiger partial charge on any atom is 0.321 e. The first kappa shape index (κ1) is 17.0. The van der Waals surface area contributed by atoms with Gasteiger partial charge in [0.1, 0.15) is 5.82 Å². The highest BCUT2D eigenvalue weighted by Crippen LogP contribution is 2.21. The second-order valence-electron chi connectivity index (χ2n) is 6.09. The summed E-state index contributed by atoms with van der Waals surface area (Å²) in [5.74, 6) is -0.603. The van der Waals surface area contributed by atoms with Crippen molar-refractivity contribution >= 4 is 17.6 Å². The highest BCUT2D eigenvalue weighted by molar-refractivity contribution is 5.90. The van der Waals surface area contributed by atoms with Crippen molar-refractivity contribution in [3.8, 4) is 5.69 Å². The molecule has 1 saturated heterocycles. The molecule has 2 aromatic rings. The van der Waals surface area contributed by atoms with Gasteiger partial charge in [-0.05, 0) is 43.2 Å². The van der Waals surface area contributed by atoms with Gasteiger partial charge < -0.3 is 20.1 Å². The van der Waals surface area contributed by atoms with Crippen LogP contribution in [0.3, 0.4) is 0 Å². The van der Waals surface area contributed by atoms with Crippen LogP contribution >= 0.6 is 0 Å². The van der Waals surface area contributed by atoms with E-state index in [1.165, 1.54) is 12.1 Å². The number of nitrogens with zero attached hydrogens (tertiary/aromatic N) is 2. The molecule has 3 amide bonds. The largest absolute Gasteiger partial charge is 0.359 e. The molecule has 132 valence electrons. The van der Waals surface area contributed by atoms with E-state index in [-0.39, 0.29) is 23.7 Å². The number of halogens is 1. The first-order valence-corrected chi connectivity index (χ1v) is 8.29. The molecule has 1 aromatic heterocycles. The van der Waals surface area contributed by atoms with Gasteiger partial charge in [-0.2, -0.15) is 0 Å². The Morgan fingerprint density at radius 1 is 1.24 bits per heavy atom. The lowest BCUT2D eigenvalue weighted by atomic mass is 9.97. The Bertz CT molecular complexity index is 760. The van der Waals surface area contributed by atoms with Crippen LogP contribution in [0.2, 0.25) is 0 Å². The molecular formula is C18H21FN4O2. The van der Waals surface area contributed by atoms with Gasteiger partial charge >= 0.3 is 6.03 Å². The van der Waals surface area contributed by atoms with Crippen LogP contribution in [0.25, 0.3) is 5.69 Å². The molecule has 1 aromatic carbocycles. The van der Waals surface area contributed by atoms with Crippen LogP contribution in [0, 0.1) is 11.7 Å². The molecule has 25 heavy (non-hydrogen) atoms. The van der Waals surface area contributed by atoms with Crippen LogP contribution < -0.4 is 10.6 Å². The summed E-state index contributed by atoms with van der Waals surface area (Å²) in [7, 11) is 1.60. The van der Waals surface area contributed by atoms with E-state index in [9.17, 15) is 14.0 Å². The molecule has 1 fully saturated rings. The maximum atomic E-state index is 14.0. The molecular weight excluding hydrogens is 323 g/mol. The fraction of sp³-hybridized carbons (Fsp3) is 0.333. The average Bonchev–Trinajstić information content (AvgIpc) is 3.17. The highest BCUT2D eigenvalue weighted by atomic mass is 19.1. The van der Waals surface area contributed by atoms with Crippen molar-refractivity contribution in [3.63, 3.8) is 0 Å². The fourth-order valence-corrected chi connectivity index (χ4v) is 3.07. The van der Waals surface area contributed by atoms with E-state index >= 15 is 0 Å². The average molecular weight is 344 g/mol. The summed E-state index contributed by atoms with van der Waals surface area (Å²) >= 11 is 0. The molecule has 1 unspecified atom stereocenters. The van der Waals surface area contributed by atoms with Gasteiger partial charge in [0.05, 0.1) is 11.6 Å². The standard InChI is InChI=1S/C18H21FN4O2/c1-20-17(24)13-5-4-10-23(12-13)18(25)21-14-6-7-15(19)16(11-14)22-8-2-3-9-22/h2-3,6-9,11,13H,4-5,10,12H2,1H3,(H,20,24)(H,21,25). The van der Waals surface area contributed by atoms with Gasteiger partial charge in [-0.1, -0.05) is 0 Å². The summed E-state index contributed by atoms with van der Waals surface area (Å²) in [5.41, 5.74) is 0.877. The zero-order valence-electron chi connectivity index (χ0n) is 14.0. The van der Waals surface area contributed by atoms with E-state index in [4.69, 9.17) is 0 Å². The number of benzene rings is 1. The molecule has 2 heterocycles. The molecule has 0 aliphatic carbocycles. The first-order chi connectivity index (χ1) is 12.1. The molecule has 0 radical (unpaired) electrons. The lowest BCUT2D eigenvalue weighted by molar-refractivity contribution is -0.125. The maximum absolute atomic E-state index is 14.0. The zero-order valence-corrected chi connectivity index (χ0v) is 14.0. The monoisotopic (exact) mass is 344 g/mol. The lowest BCUT2D eigenvalue weighted by Gasteiger charge is -2.31. The molecule has 0 saturated carbocycles. The summed E-state index contributed by atoms with van der Waals surface area (Å²) in [5, 5.41) is 5.43. The number of rotatable bonds is 3. The van der Waals surface area contributed by atoms with Crippen LogP contribution in [0.5, 0.6) is 0 Å². The van der Waals surface area contributed by atoms with E-state index in [2.05, 4.69) is 10.6 Å². The molecule has 0 spiro atoms. The molecule has 1 aliphatic rings. The number of carbonyl (C=O) groups excluding carboxylic acids is 2. The minimum Gasteiger partial charge on any atom is -0.359 e. The van der Waals surface area contributed by atoms with Crippen molar-refractivity contribution in [2.24, 2.45) is 5.92 Å². The van der Waals surface area contributed by atoms with Gasteiger partial charge in [-0.25, -0.2) is 9.18 Å². The molecule has 6 nitrogen and oxygen atoms in total. The number of anilines is 1. The molecule has 1 aliphatic heterocycles. The summed E-state index contributed by atoms with van der Waals surface area (Å²) in [4.78, 5) is 25.9. The Morgan fingerprint density at radius 2 is 2.00 bits per heavy atom. The third-order valence-electron chi connectivity index (χ3n) is 4.41. The van der Waals surface area contributed by atoms with Gasteiger partial charge in [0.2, 0.25) is 5.91 Å². The fourth-order valence-electron chi connectivity index (χ4n) is 3.07. The van der Waals surface area contributed by atoms with Crippen molar-refractivity contribution < 1.29 is 14.0 Å². The SMILES string of the molecule is CNC(=O)C1CCCN(C(=O)Nc2ccc(F)c(-n3cccc3)c2)C1. The van der Waals surface area contributed by atoms with Gasteiger partial charge in [0.25, 0.3) is 0 Å². The number of aromatic nitrogens is 1. The number of piperidine rings is 1. The van der Waals surface area contributed by atoms with E-state index < -0.39 is 0 Å². The van der Waals surface area contributed by atoms with Gasteiger partial charge in [0, 0.05) is 38.2 Å². The smallest absolute Gasteiger partial charge is 0.321 e. The molecule has 7 heteroatoms. The number of likely N-dealkylation sites (tertiary alicyclic amines) is 1. The third-order valence-corrected chi connectivity index (χ3v) is 4.41. The minimum atomic E-state index is -0.369. The predicted octanol–water partition coefficient (Wildman–Crippen LogP) is 2.61. The van der Waals surface area contributed by atoms with Crippen LogP contribution in [0.4, 0.5) is 14.9 Å². The van der Waals surface area contributed by atoms with Crippen molar-refractivity contribution in [2.45, 2.75) is 12.8 Å². The Kier molecular flexibility index (Phi) is 5.02. The second kappa shape index (κ2) is 7.38.